The Morgan fingerprint density at radius 3 is 1.63 bits per heavy atom. The second-order valence-corrected chi connectivity index (χ2v) is 19.4. The Balaban J connectivity index is 1.49. The van der Waals surface area contributed by atoms with Crippen LogP contribution in [-0.2, 0) is 51.2 Å². The van der Waals surface area contributed by atoms with Crippen LogP contribution in [0.3, 0.4) is 0 Å². The molecule has 0 bridgehead atoms. The lowest BCUT2D eigenvalue weighted by atomic mass is 9.94. The van der Waals surface area contributed by atoms with Gasteiger partial charge in [0.15, 0.2) is 0 Å². The number of hydrogen-bond acceptors (Lipinski definition) is 9. The third-order valence-corrected chi connectivity index (χ3v) is 13.4. The van der Waals surface area contributed by atoms with Gasteiger partial charge in [-0.2, -0.15) is 0 Å². The number of carbonyl (C=O) groups excluding carboxylic acids is 7. The molecule has 10 atom stereocenters. The van der Waals surface area contributed by atoms with E-state index in [2.05, 4.69) is 26.6 Å². The maximum absolute atomic E-state index is 14.5. The molecule has 374 valence electrons. The lowest BCUT2D eigenvalue weighted by Crippen LogP contribution is -2.61. The van der Waals surface area contributed by atoms with Gasteiger partial charge in [-0.15, -0.1) is 0 Å². The molecule has 2 saturated heterocycles. The molecule has 0 spiro atoms. The number of nitrogens with zero attached hydrogens (tertiary/aromatic N) is 2. The molecule has 2 aliphatic heterocycles. The van der Waals surface area contributed by atoms with E-state index in [0.29, 0.717) is 44.1 Å². The fraction of sp³-hybridized carbons (Fsp3) is 0.608. The first-order valence-electron chi connectivity index (χ1n) is 24.5. The molecule has 8 N–H and O–H groups in total. The van der Waals surface area contributed by atoms with Crippen LogP contribution in [0.4, 0.5) is 0 Å². The fourth-order valence-corrected chi connectivity index (χ4v) is 8.81. The molecule has 0 radical (unpaired) electrons. The Morgan fingerprint density at radius 2 is 1.10 bits per heavy atom. The highest BCUT2D eigenvalue weighted by atomic mass is 16.4. The van der Waals surface area contributed by atoms with Crippen LogP contribution in [0.2, 0.25) is 0 Å². The van der Waals surface area contributed by atoms with E-state index in [1.165, 1.54) is 9.80 Å². The normalized spacial score (nSPS) is 19.5. The Labute approximate surface area is 401 Å². The second-order valence-electron chi connectivity index (χ2n) is 19.4. The number of nitrogens with two attached hydrogens (primary N) is 1. The van der Waals surface area contributed by atoms with Crippen LogP contribution < -0.4 is 32.3 Å². The third kappa shape index (κ3) is 15.1. The van der Waals surface area contributed by atoms with Gasteiger partial charge in [0.1, 0.15) is 42.3 Å². The Morgan fingerprint density at radius 1 is 0.603 bits per heavy atom. The van der Waals surface area contributed by atoms with E-state index in [9.17, 15) is 43.5 Å². The smallest absolute Gasteiger partial charge is 0.326 e. The first kappa shape index (κ1) is 54.8. The summed E-state index contributed by atoms with van der Waals surface area (Å²) in [6, 6.07) is 9.70. The number of aliphatic carboxylic acids is 1. The maximum atomic E-state index is 14.5. The number of benzene rings is 2. The van der Waals surface area contributed by atoms with Crippen LogP contribution in [0.1, 0.15) is 111 Å². The minimum Gasteiger partial charge on any atom is -0.480 e. The predicted octanol–water partition coefficient (Wildman–Crippen LogP) is 3.08. The van der Waals surface area contributed by atoms with Crippen molar-refractivity contribution in [1.82, 2.24) is 36.4 Å². The lowest BCUT2D eigenvalue weighted by Gasteiger charge is -2.35. The van der Waals surface area contributed by atoms with E-state index in [4.69, 9.17) is 5.73 Å². The Kier molecular flexibility index (Phi) is 21.0. The monoisotopic (exact) mass is 945 g/mol. The zero-order valence-electron chi connectivity index (χ0n) is 41.2. The van der Waals surface area contributed by atoms with Crippen molar-refractivity contribution in [3.8, 4) is 0 Å². The van der Waals surface area contributed by atoms with E-state index in [-0.39, 0.29) is 50.1 Å². The van der Waals surface area contributed by atoms with Gasteiger partial charge in [0.05, 0.1) is 6.04 Å². The van der Waals surface area contributed by atoms with Crippen LogP contribution in [0.25, 0.3) is 0 Å². The average molecular weight is 945 g/mol. The zero-order valence-corrected chi connectivity index (χ0v) is 41.2. The van der Waals surface area contributed by atoms with Crippen LogP contribution in [0.15, 0.2) is 60.7 Å². The zero-order chi connectivity index (χ0) is 50.2. The Hall–Kier alpha value is -5.84. The van der Waals surface area contributed by atoms with Crippen molar-refractivity contribution < 1.29 is 43.5 Å². The van der Waals surface area contributed by atoms with Gasteiger partial charge in [0.25, 0.3) is 0 Å². The summed E-state index contributed by atoms with van der Waals surface area (Å²) in [5.74, 6) is -5.79. The minimum absolute atomic E-state index is 0.0280. The standard InChI is InChI=1S/C51H76N8O9/c1-9-32(7)41(52)47(63)57-43(33(8)10-2)48(64)54-36(27-30(3)4)45(61)56-42(31(5)6)50(66)59-26-18-24-40(59)49(65)58-25-17-23-39(58)46(62)53-37(28-34-19-13-11-14-20-34)44(60)55-38(51(67)68)29-35-21-15-12-16-22-35/h11-16,19-22,30-33,36-43H,9-10,17-18,23-29,52H2,1-8H3,(H,53,62)(H,54,64)(H,55,60)(H,56,61)(H,57,63)(H,67,68)/t32-,33-,36-,37-,38-,39-,40-,41-,42-,43-/m0/s1. The minimum atomic E-state index is -1.27. The van der Waals surface area contributed by atoms with Crippen molar-refractivity contribution in [2.75, 3.05) is 13.1 Å². The molecule has 17 heteroatoms. The van der Waals surface area contributed by atoms with Gasteiger partial charge >= 0.3 is 5.97 Å². The van der Waals surface area contributed by atoms with E-state index >= 15 is 0 Å². The molecule has 0 aliphatic carbocycles. The van der Waals surface area contributed by atoms with Gasteiger partial charge in [0.2, 0.25) is 41.4 Å². The van der Waals surface area contributed by atoms with E-state index in [0.717, 1.165) is 5.56 Å². The van der Waals surface area contributed by atoms with Crippen LogP contribution in [0.5, 0.6) is 0 Å². The van der Waals surface area contributed by atoms with Gasteiger partial charge in [-0.05, 0) is 66.9 Å². The van der Waals surface area contributed by atoms with Gasteiger partial charge < -0.3 is 47.2 Å². The largest absolute Gasteiger partial charge is 0.480 e. The molecule has 17 nitrogen and oxygen atoms in total. The number of nitrogens with one attached hydrogen (secondary N) is 5. The summed E-state index contributed by atoms with van der Waals surface area (Å²) < 4.78 is 0. The molecule has 68 heavy (non-hydrogen) atoms. The number of hydrogen-bond donors (Lipinski definition) is 7. The number of carboxylic acids is 1. The highest BCUT2D eigenvalue weighted by molar-refractivity contribution is 5.98. The van der Waals surface area contributed by atoms with Gasteiger partial charge in [0, 0.05) is 25.9 Å². The predicted molar refractivity (Wildman–Crippen MR) is 258 cm³/mol. The summed E-state index contributed by atoms with van der Waals surface area (Å²) in [6.45, 7) is 15.4. The Bertz CT molecular complexity index is 2040. The molecular formula is C51H76N8O9. The molecule has 2 aromatic rings. The summed E-state index contributed by atoms with van der Waals surface area (Å²) in [4.78, 5) is 113. The first-order chi connectivity index (χ1) is 32.3. The molecule has 2 fully saturated rings. The molecule has 2 aromatic carbocycles. The van der Waals surface area contributed by atoms with E-state index in [1.54, 1.807) is 68.4 Å². The summed E-state index contributed by atoms with van der Waals surface area (Å²) in [5, 5.41) is 24.1. The molecule has 2 heterocycles. The molecule has 4 rings (SSSR count). The highest BCUT2D eigenvalue weighted by Crippen LogP contribution is 2.27. The molecule has 0 unspecified atom stereocenters. The third-order valence-electron chi connectivity index (χ3n) is 13.4. The number of rotatable bonds is 24. The number of amides is 7. The van der Waals surface area contributed by atoms with Gasteiger partial charge in [-0.1, -0.05) is 129 Å². The van der Waals surface area contributed by atoms with Crippen molar-refractivity contribution in [3.63, 3.8) is 0 Å². The number of likely N-dealkylation sites (tertiary alicyclic amines) is 2. The van der Waals surface area contributed by atoms with E-state index in [1.807, 2.05) is 47.6 Å². The van der Waals surface area contributed by atoms with Crippen LogP contribution >= 0.6 is 0 Å². The summed E-state index contributed by atoms with van der Waals surface area (Å²) in [6.07, 6.45) is 3.23. The lowest BCUT2D eigenvalue weighted by molar-refractivity contribution is -0.148. The molecular weight excluding hydrogens is 869 g/mol. The number of carboxylic acid groups (broad SMARTS) is 1. The average Bonchev–Trinajstić information content (AvgIpc) is 4.02. The highest BCUT2D eigenvalue weighted by Gasteiger charge is 2.45. The number of carbonyl (C=O) groups is 8. The van der Waals surface area contributed by atoms with Crippen molar-refractivity contribution in [3.05, 3.63) is 71.8 Å². The first-order valence-corrected chi connectivity index (χ1v) is 24.5. The van der Waals surface area contributed by atoms with Crippen LogP contribution in [-0.4, -0.2) is 124 Å². The van der Waals surface area contributed by atoms with Crippen molar-refractivity contribution >= 4 is 47.3 Å². The van der Waals surface area contributed by atoms with Gasteiger partial charge in [-0.25, -0.2) is 4.79 Å². The van der Waals surface area contributed by atoms with E-state index < -0.39 is 102 Å². The topological polar surface area (TPSA) is 249 Å². The van der Waals surface area contributed by atoms with Crippen molar-refractivity contribution in [1.29, 1.82) is 0 Å². The van der Waals surface area contributed by atoms with Gasteiger partial charge in [-0.3, -0.25) is 33.6 Å². The fourth-order valence-electron chi connectivity index (χ4n) is 8.81. The quantitative estimate of drug-likeness (QED) is 0.0811. The second kappa shape index (κ2) is 26.1. The molecule has 0 aromatic heterocycles. The summed E-state index contributed by atoms with van der Waals surface area (Å²) in [7, 11) is 0. The summed E-state index contributed by atoms with van der Waals surface area (Å²) >= 11 is 0. The molecule has 0 saturated carbocycles. The summed E-state index contributed by atoms with van der Waals surface area (Å²) in [5.41, 5.74) is 7.64. The molecule has 2 aliphatic rings. The van der Waals surface area contributed by atoms with Crippen LogP contribution in [0, 0.1) is 23.7 Å². The SMILES string of the molecule is CC[C@H](C)[C@H](N)C(=O)N[C@H](C(=O)N[C@@H](CC(C)C)C(=O)N[C@H](C(=O)N1CCC[C@H]1C(=O)N1CCC[C@H]1C(=O)N[C@@H](Cc1ccccc1)C(=O)N[C@@H](Cc1ccccc1)C(=O)O)C(C)C)[C@@H](C)CC. The maximum Gasteiger partial charge on any atom is 0.326 e. The van der Waals surface area contributed by atoms with Crippen molar-refractivity contribution in [2.45, 2.75) is 162 Å². The van der Waals surface area contributed by atoms with Crippen molar-refractivity contribution in [2.24, 2.45) is 29.4 Å². The molecule has 7 amide bonds.